The largest absolute Gasteiger partial charge is 0.384 e. The molecular formula is C13H25ClN2O3S. The molecule has 0 saturated carbocycles. The van der Waals surface area contributed by atoms with Crippen LogP contribution in [0.4, 0.5) is 0 Å². The molecule has 2 saturated heterocycles. The van der Waals surface area contributed by atoms with Crippen molar-refractivity contribution in [2.75, 3.05) is 39.2 Å². The summed E-state index contributed by atoms with van der Waals surface area (Å²) in [7, 11) is -1.65. The molecule has 0 aliphatic carbocycles. The summed E-state index contributed by atoms with van der Waals surface area (Å²) in [5, 5.41) is 0. The Hall–Kier alpha value is 0.120. The van der Waals surface area contributed by atoms with Crippen LogP contribution in [0.25, 0.3) is 0 Å². The highest BCUT2D eigenvalue weighted by atomic mass is 35.5. The molecule has 0 spiro atoms. The van der Waals surface area contributed by atoms with Gasteiger partial charge in [-0.25, -0.2) is 0 Å². The summed E-state index contributed by atoms with van der Waals surface area (Å²) in [5.41, 5.74) is 0. The van der Waals surface area contributed by atoms with Crippen LogP contribution in [0.15, 0.2) is 0 Å². The van der Waals surface area contributed by atoms with E-state index in [4.69, 9.17) is 16.3 Å². The standard InChI is InChI=1S/C13H25ClN2O3S/c1-19-11-12-5-8-15(9-6-12)20(17,18)16-7-3-2-4-13(16)10-14/h12-13H,2-11H2,1H3. The molecule has 2 aliphatic heterocycles. The second kappa shape index (κ2) is 7.40. The van der Waals surface area contributed by atoms with Crippen molar-refractivity contribution < 1.29 is 13.2 Å². The van der Waals surface area contributed by atoms with Crippen LogP contribution in [0.3, 0.4) is 0 Å². The number of nitrogens with zero attached hydrogens (tertiary/aromatic N) is 2. The number of hydrogen-bond acceptors (Lipinski definition) is 3. The van der Waals surface area contributed by atoms with Gasteiger partial charge in [0, 0.05) is 45.3 Å². The van der Waals surface area contributed by atoms with Crippen molar-refractivity contribution in [3.8, 4) is 0 Å². The number of methoxy groups -OCH3 is 1. The Labute approximate surface area is 127 Å². The predicted molar refractivity (Wildman–Crippen MR) is 80.2 cm³/mol. The van der Waals surface area contributed by atoms with E-state index in [9.17, 15) is 8.42 Å². The third-order valence-corrected chi connectivity index (χ3v) is 6.80. The van der Waals surface area contributed by atoms with E-state index in [1.807, 2.05) is 0 Å². The van der Waals surface area contributed by atoms with Gasteiger partial charge in [-0.15, -0.1) is 11.6 Å². The Morgan fingerprint density at radius 2 is 1.85 bits per heavy atom. The van der Waals surface area contributed by atoms with Gasteiger partial charge in [0.05, 0.1) is 0 Å². The summed E-state index contributed by atoms with van der Waals surface area (Å²) in [5.74, 6) is 0.871. The highest BCUT2D eigenvalue weighted by Gasteiger charge is 2.37. The first-order chi connectivity index (χ1) is 9.59. The summed E-state index contributed by atoms with van der Waals surface area (Å²) in [6.45, 7) is 2.53. The Morgan fingerprint density at radius 1 is 1.15 bits per heavy atom. The third kappa shape index (κ3) is 3.65. The van der Waals surface area contributed by atoms with Crippen molar-refractivity contribution in [2.45, 2.75) is 38.1 Å². The van der Waals surface area contributed by atoms with Gasteiger partial charge in [-0.2, -0.15) is 17.0 Å². The quantitative estimate of drug-likeness (QED) is 0.723. The van der Waals surface area contributed by atoms with E-state index in [2.05, 4.69) is 0 Å². The van der Waals surface area contributed by atoms with Crippen molar-refractivity contribution in [3.63, 3.8) is 0 Å². The lowest BCUT2D eigenvalue weighted by Crippen LogP contribution is -2.53. The van der Waals surface area contributed by atoms with Crippen LogP contribution in [0.2, 0.25) is 0 Å². The Kier molecular flexibility index (Phi) is 6.10. The van der Waals surface area contributed by atoms with Gasteiger partial charge in [0.2, 0.25) is 0 Å². The lowest BCUT2D eigenvalue weighted by Gasteiger charge is -2.39. The van der Waals surface area contributed by atoms with Gasteiger partial charge in [-0.05, 0) is 31.6 Å². The Bertz CT molecular complexity index is 396. The minimum absolute atomic E-state index is 0.0351. The Balaban J connectivity index is 1.99. The molecule has 0 aromatic heterocycles. The minimum atomic E-state index is -3.34. The summed E-state index contributed by atoms with van der Waals surface area (Å²) in [6.07, 6.45) is 4.65. The highest BCUT2D eigenvalue weighted by Crippen LogP contribution is 2.27. The summed E-state index contributed by atoms with van der Waals surface area (Å²) >= 11 is 5.94. The zero-order chi connectivity index (χ0) is 14.6. The van der Waals surface area contributed by atoms with Gasteiger partial charge >= 0.3 is 0 Å². The molecule has 7 heteroatoms. The highest BCUT2D eigenvalue weighted by molar-refractivity contribution is 7.86. The molecule has 0 N–H and O–H groups in total. The van der Waals surface area contributed by atoms with Gasteiger partial charge in [-0.3, -0.25) is 0 Å². The summed E-state index contributed by atoms with van der Waals surface area (Å²) in [4.78, 5) is 0. The number of rotatable bonds is 5. The number of ether oxygens (including phenoxy) is 1. The SMILES string of the molecule is COCC1CCN(S(=O)(=O)N2CCCCC2CCl)CC1. The zero-order valence-electron chi connectivity index (χ0n) is 12.1. The van der Waals surface area contributed by atoms with Crippen LogP contribution in [0, 0.1) is 5.92 Å². The number of halogens is 1. The maximum Gasteiger partial charge on any atom is 0.282 e. The molecule has 5 nitrogen and oxygen atoms in total. The fraction of sp³-hybridized carbons (Fsp3) is 1.00. The molecule has 1 atom stereocenters. The topological polar surface area (TPSA) is 49.9 Å². The monoisotopic (exact) mass is 324 g/mol. The normalized spacial score (nSPS) is 27.8. The van der Waals surface area contributed by atoms with E-state index in [0.29, 0.717) is 31.4 Å². The lowest BCUT2D eigenvalue weighted by atomic mass is 9.99. The zero-order valence-corrected chi connectivity index (χ0v) is 13.7. The van der Waals surface area contributed by atoms with Gasteiger partial charge in [0.25, 0.3) is 10.2 Å². The molecule has 0 aromatic carbocycles. The molecule has 2 aliphatic rings. The van der Waals surface area contributed by atoms with Gasteiger partial charge in [0.15, 0.2) is 0 Å². The number of alkyl halides is 1. The Morgan fingerprint density at radius 3 is 2.45 bits per heavy atom. The fourth-order valence-electron chi connectivity index (χ4n) is 3.12. The molecular weight excluding hydrogens is 300 g/mol. The average molecular weight is 325 g/mol. The molecule has 2 fully saturated rings. The second-order valence-corrected chi connectivity index (χ2v) is 7.91. The first-order valence-corrected chi connectivity index (χ1v) is 9.34. The van der Waals surface area contributed by atoms with Gasteiger partial charge < -0.3 is 4.74 Å². The molecule has 0 amide bonds. The molecule has 0 aromatic rings. The van der Waals surface area contributed by atoms with E-state index >= 15 is 0 Å². The van der Waals surface area contributed by atoms with Gasteiger partial charge in [0.1, 0.15) is 0 Å². The van der Waals surface area contributed by atoms with Crippen LogP contribution in [-0.2, 0) is 14.9 Å². The van der Waals surface area contributed by atoms with Crippen LogP contribution >= 0.6 is 11.6 Å². The van der Waals surface area contributed by atoms with Crippen LogP contribution in [0.1, 0.15) is 32.1 Å². The van der Waals surface area contributed by atoms with Crippen molar-refractivity contribution in [1.29, 1.82) is 0 Å². The fourth-order valence-corrected chi connectivity index (χ4v) is 5.41. The maximum atomic E-state index is 12.7. The van der Waals surface area contributed by atoms with E-state index < -0.39 is 10.2 Å². The first kappa shape index (κ1) is 16.5. The second-order valence-electron chi connectivity index (χ2n) is 5.72. The molecule has 0 radical (unpaired) electrons. The van der Waals surface area contributed by atoms with Crippen molar-refractivity contribution >= 4 is 21.8 Å². The van der Waals surface area contributed by atoms with Crippen LogP contribution < -0.4 is 0 Å². The number of piperidine rings is 2. The average Bonchev–Trinajstić information content (AvgIpc) is 2.48. The molecule has 1 unspecified atom stereocenters. The van der Waals surface area contributed by atoms with E-state index in [0.717, 1.165) is 38.7 Å². The predicted octanol–water partition coefficient (Wildman–Crippen LogP) is 1.68. The van der Waals surface area contributed by atoms with Crippen LogP contribution in [0.5, 0.6) is 0 Å². The lowest BCUT2D eigenvalue weighted by molar-refractivity contribution is 0.118. The van der Waals surface area contributed by atoms with Gasteiger partial charge in [-0.1, -0.05) is 6.42 Å². The molecule has 20 heavy (non-hydrogen) atoms. The molecule has 118 valence electrons. The molecule has 2 heterocycles. The van der Waals surface area contributed by atoms with E-state index in [1.54, 1.807) is 15.7 Å². The van der Waals surface area contributed by atoms with Crippen LogP contribution in [-0.4, -0.2) is 62.3 Å². The molecule has 2 rings (SSSR count). The minimum Gasteiger partial charge on any atom is -0.384 e. The van der Waals surface area contributed by atoms with E-state index in [-0.39, 0.29) is 6.04 Å². The summed E-state index contributed by atoms with van der Waals surface area (Å²) in [6, 6.07) is -0.0351. The third-order valence-electron chi connectivity index (χ3n) is 4.35. The number of hydrogen-bond donors (Lipinski definition) is 0. The first-order valence-electron chi connectivity index (χ1n) is 7.41. The van der Waals surface area contributed by atoms with E-state index in [1.165, 1.54) is 0 Å². The van der Waals surface area contributed by atoms with Crippen molar-refractivity contribution in [1.82, 2.24) is 8.61 Å². The van der Waals surface area contributed by atoms with Crippen molar-refractivity contribution in [2.24, 2.45) is 5.92 Å². The molecule has 0 bridgehead atoms. The maximum absolute atomic E-state index is 12.7. The van der Waals surface area contributed by atoms with Crippen molar-refractivity contribution in [3.05, 3.63) is 0 Å². The smallest absolute Gasteiger partial charge is 0.282 e. The summed E-state index contributed by atoms with van der Waals surface area (Å²) < 4.78 is 33.9.